The SMILES string of the molecule is COc1ccc(-c2nc[nH]c(=O)c2C)cn1. The van der Waals surface area contributed by atoms with E-state index in [0.29, 0.717) is 17.1 Å². The van der Waals surface area contributed by atoms with E-state index in [1.807, 2.05) is 6.07 Å². The van der Waals surface area contributed by atoms with Crippen molar-refractivity contribution in [3.8, 4) is 17.1 Å². The van der Waals surface area contributed by atoms with Gasteiger partial charge in [0.15, 0.2) is 0 Å². The molecule has 0 saturated carbocycles. The topological polar surface area (TPSA) is 67.9 Å². The molecule has 2 rings (SSSR count). The Kier molecular flexibility index (Phi) is 2.68. The van der Waals surface area contributed by atoms with Crippen LogP contribution in [0.2, 0.25) is 0 Å². The van der Waals surface area contributed by atoms with Crippen LogP contribution in [0.1, 0.15) is 5.56 Å². The highest BCUT2D eigenvalue weighted by molar-refractivity contribution is 5.61. The Bertz CT molecular complexity index is 546. The van der Waals surface area contributed by atoms with Crippen molar-refractivity contribution < 1.29 is 4.74 Å². The molecule has 0 fully saturated rings. The van der Waals surface area contributed by atoms with E-state index in [1.54, 1.807) is 26.3 Å². The van der Waals surface area contributed by atoms with Gasteiger partial charge in [0.1, 0.15) is 0 Å². The number of nitrogens with one attached hydrogen (secondary N) is 1. The summed E-state index contributed by atoms with van der Waals surface area (Å²) in [5, 5.41) is 0. The van der Waals surface area contributed by atoms with Gasteiger partial charge in [0.25, 0.3) is 5.56 Å². The Morgan fingerprint density at radius 1 is 1.31 bits per heavy atom. The van der Waals surface area contributed by atoms with Gasteiger partial charge in [-0.05, 0) is 13.0 Å². The number of nitrogens with zero attached hydrogens (tertiary/aromatic N) is 2. The molecule has 2 heterocycles. The molecule has 16 heavy (non-hydrogen) atoms. The van der Waals surface area contributed by atoms with Crippen LogP contribution in [0.4, 0.5) is 0 Å². The van der Waals surface area contributed by atoms with Gasteiger partial charge in [0.05, 0.1) is 19.1 Å². The molecule has 0 radical (unpaired) electrons. The fourth-order valence-corrected chi connectivity index (χ4v) is 1.40. The van der Waals surface area contributed by atoms with E-state index in [9.17, 15) is 4.79 Å². The molecule has 0 saturated heterocycles. The Morgan fingerprint density at radius 2 is 2.12 bits per heavy atom. The zero-order valence-electron chi connectivity index (χ0n) is 9.02. The van der Waals surface area contributed by atoms with Crippen LogP contribution in [0.15, 0.2) is 29.5 Å². The average Bonchev–Trinajstić information content (AvgIpc) is 2.33. The lowest BCUT2D eigenvalue weighted by atomic mass is 10.1. The van der Waals surface area contributed by atoms with Gasteiger partial charge in [-0.1, -0.05) is 0 Å². The van der Waals surface area contributed by atoms with Crippen LogP contribution in [0.25, 0.3) is 11.3 Å². The van der Waals surface area contributed by atoms with Crippen molar-refractivity contribution in [2.75, 3.05) is 7.11 Å². The van der Waals surface area contributed by atoms with Crippen LogP contribution in [-0.2, 0) is 0 Å². The monoisotopic (exact) mass is 217 g/mol. The second-order valence-electron chi connectivity index (χ2n) is 3.29. The van der Waals surface area contributed by atoms with Crippen molar-refractivity contribution in [2.45, 2.75) is 6.92 Å². The molecule has 82 valence electrons. The summed E-state index contributed by atoms with van der Waals surface area (Å²) in [4.78, 5) is 22.1. The first-order chi connectivity index (χ1) is 7.72. The quantitative estimate of drug-likeness (QED) is 0.819. The molecule has 2 aromatic heterocycles. The van der Waals surface area contributed by atoms with Crippen molar-refractivity contribution in [3.63, 3.8) is 0 Å². The third-order valence-corrected chi connectivity index (χ3v) is 2.30. The zero-order valence-corrected chi connectivity index (χ0v) is 9.02. The van der Waals surface area contributed by atoms with Crippen LogP contribution in [0.5, 0.6) is 5.88 Å². The van der Waals surface area contributed by atoms with Gasteiger partial charge in [-0.3, -0.25) is 4.79 Å². The highest BCUT2D eigenvalue weighted by Crippen LogP contribution is 2.18. The summed E-state index contributed by atoms with van der Waals surface area (Å²) in [6, 6.07) is 3.55. The first-order valence-electron chi connectivity index (χ1n) is 4.77. The molecule has 0 spiro atoms. The van der Waals surface area contributed by atoms with Crippen molar-refractivity contribution in [2.24, 2.45) is 0 Å². The highest BCUT2D eigenvalue weighted by Gasteiger charge is 2.06. The number of rotatable bonds is 2. The molecule has 1 N–H and O–H groups in total. The maximum atomic E-state index is 11.4. The van der Waals surface area contributed by atoms with Crippen LogP contribution in [0, 0.1) is 6.92 Å². The lowest BCUT2D eigenvalue weighted by molar-refractivity contribution is 0.398. The molecule has 0 aliphatic rings. The summed E-state index contributed by atoms with van der Waals surface area (Å²) >= 11 is 0. The molecular weight excluding hydrogens is 206 g/mol. The smallest absolute Gasteiger partial charge is 0.254 e. The molecule has 0 unspecified atom stereocenters. The minimum absolute atomic E-state index is 0.138. The van der Waals surface area contributed by atoms with Gasteiger partial charge in [-0.15, -0.1) is 0 Å². The van der Waals surface area contributed by atoms with Crippen molar-refractivity contribution >= 4 is 0 Å². The molecule has 2 aromatic rings. The normalized spacial score (nSPS) is 10.1. The summed E-state index contributed by atoms with van der Waals surface area (Å²) in [5.74, 6) is 0.534. The largest absolute Gasteiger partial charge is 0.481 e. The molecule has 0 bridgehead atoms. The van der Waals surface area contributed by atoms with Crippen LogP contribution in [-0.4, -0.2) is 22.1 Å². The predicted octanol–water partition coefficient (Wildman–Crippen LogP) is 1.15. The van der Waals surface area contributed by atoms with E-state index in [1.165, 1.54) is 6.33 Å². The van der Waals surface area contributed by atoms with E-state index < -0.39 is 0 Å². The summed E-state index contributed by atoms with van der Waals surface area (Å²) in [7, 11) is 1.55. The highest BCUT2D eigenvalue weighted by atomic mass is 16.5. The number of H-pyrrole nitrogens is 1. The van der Waals surface area contributed by atoms with Gasteiger partial charge < -0.3 is 9.72 Å². The average molecular weight is 217 g/mol. The number of aromatic nitrogens is 3. The number of ether oxygens (including phenoxy) is 1. The van der Waals surface area contributed by atoms with Gasteiger partial charge >= 0.3 is 0 Å². The fourth-order valence-electron chi connectivity index (χ4n) is 1.40. The van der Waals surface area contributed by atoms with Crippen molar-refractivity contribution in [1.82, 2.24) is 15.0 Å². The molecule has 5 nitrogen and oxygen atoms in total. The number of hydrogen-bond acceptors (Lipinski definition) is 4. The first kappa shape index (κ1) is 10.4. The van der Waals surface area contributed by atoms with Crippen LogP contribution in [0.3, 0.4) is 0 Å². The predicted molar refractivity (Wildman–Crippen MR) is 59.4 cm³/mol. The van der Waals surface area contributed by atoms with Gasteiger partial charge in [0.2, 0.25) is 5.88 Å². The maximum Gasteiger partial charge on any atom is 0.254 e. The van der Waals surface area contributed by atoms with Gasteiger partial charge in [-0.25, -0.2) is 9.97 Å². The minimum Gasteiger partial charge on any atom is -0.481 e. The molecule has 0 amide bonds. The first-order valence-corrected chi connectivity index (χ1v) is 4.77. The number of aromatic amines is 1. The zero-order chi connectivity index (χ0) is 11.5. The standard InChI is InChI=1S/C11H11N3O2/c1-7-10(13-6-14-11(7)15)8-3-4-9(16-2)12-5-8/h3-6H,1-2H3,(H,13,14,15). The van der Waals surface area contributed by atoms with E-state index in [4.69, 9.17) is 4.74 Å². The number of pyridine rings is 1. The van der Waals surface area contributed by atoms with Gasteiger partial charge in [-0.2, -0.15) is 0 Å². The Labute approximate surface area is 92.2 Å². The summed E-state index contributed by atoms with van der Waals surface area (Å²) in [5.41, 5.74) is 1.87. The Balaban J connectivity index is 2.50. The van der Waals surface area contributed by atoms with Crippen LogP contribution >= 0.6 is 0 Å². The van der Waals surface area contributed by atoms with E-state index in [-0.39, 0.29) is 5.56 Å². The minimum atomic E-state index is -0.138. The summed E-state index contributed by atoms with van der Waals surface area (Å²) in [6.07, 6.45) is 3.02. The second-order valence-corrected chi connectivity index (χ2v) is 3.29. The third kappa shape index (κ3) is 1.79. The molecule has 0 aliphatic carbocycles. The van der Waals surface area contributed by atoms with E-state index in [2.05, 4.69) is 15.0 Å². The van der Waals surface area contributed by atoms with E-state index >= 15 is 0 Å². The van der Waals surface area contributed by atoms with Gasteiger partial charge in [0, 0.05) is 23.4 Å². The summed E-state index contributed by atoms with van der Waals surface area (Å²) < 4.78 is 4.96. The molecule has 0 aliphatic heterocycles. The van der Waals surface area contributed by atoms with Crippen molar-refractivity contribution in [3.05, 3.63) is 40.6 Å². The van der Waals surface area contributed by atoms with Crippen molar-refractivity contribution in [1.29, 1.82) is 0 Å². The van der Waals surface area contributed by atoms with E-state index in [0.717, 1.165) is 5.56 Å². The molecule has 5 heteroatoms. The Morgan fingerprint density at radius 3 is 2.75 bits per heavy atom. The molecular formula is C11H11N3O2. The second kappa shape index (κ2) is 4.14. The third-order valence-electron chi connectivity index (χ3n) is 2.30. The lowest BCUT2D eigenvalue weighted by Gasteiger charge is -2.03. The molecule has 0 aromatic carbocycles. The number of methoxy groups -OCH3 is 1. The maximum absolute atomic E-state index is 11.4. The van der Waals surface area contributed by atoms with Crippen LogP contribution < -0.4 is 10.3 Å². The molecule has 0 atom stereocenters. The number of hydrogen-bond donors (Lipinski definition) is 1. The Hall–Kier alpha value is -2.17. The fraction of sp³-hybridized carbons (Fsp3) is 0.182. The lowest BCUT2D eigenvalue weighted by Crippen LogP contribution is -2.11. The summed E-state index contributed by atoms with van der Waals surface area (Å²) in [6.45, 7) is 1.73.